The maximum atomic E-state index is 11.6. The molecule has 2 aromatic carbocycles. The lowest BCUT2D eigenvalue weighted by Crippen LogP contribution is -2.34. The largest absolute Gasteiger partial charge is 0.299 e. The number of fused-ring (bicyclic) bond motifs is 1. The molecule has 0 saturated carbocycles. The summed E-state index contributed by atoms with van der Waals surface area (Å²) in [6.07, 6.45) is 7.11. The molecule has 0 amide bonds. The average molecular weight is 447 g/mol. The normalized spacial score (nSPS) is 16.3. The van der Waals surface area contributed by atoms with Crippen LogP contribution in [0.4, 0.5) is 0 Å². The van der Waals surface area contributed by atoms with Crippen molar-refractivity contribution < 1.29 is 8.42 Å². The fraction of sp³-hybridized carbons (Fsp3) is 0.318. The zero-order valence-corrected chi connectivity index (χ0v) is 18.6. The van der Waals surface area contributed by atoms with E-state index in [1.165, 1.54) is 11.6 Å². The second kappa shape index (κ2) is 8.64. The van der Waals surface area contributed by atoms with Crippen molar-refractivity contribution in [3.63, 3.8) is 0 Å². The van der Waals surface area contributed by atoms with E-state index in [0.717, 1.165) is 53.3 Å². The topological polar surface area (TPSA) is 50.3 Å². The molecule has 7 heteroatoms. The molecule has 4 nitrogen and oxygen atoms in total. The number of pyridine rings is 1. The summed E-state index contributed by atoms with van der Waals surface area (Å²) < 4.78 is 23.2. The van der Waals surface area contributed by atoms with Gasteiger partial charge in [0, 0.05) is 40.7 Å². The molecule has 1 fully saturated rings. The second-order valence-electron chi connectivity index (χ2n) is 7.51. The number of nitrogens with zero attached hydrogens (tertiary/aromatic N) is 2. The molecule has 1 saturated heterocycles. The van der Waals surface area contributed by atoms with E-state index in [0.29, 0.717) is 10.1 Å². The van der Waals surface area contributed by atoms with Crippen molar-refractivity contribution in [3.8, 4) is 0 Å². The zero-order chi connectivity index (χ0) is 20.4. The molecule has 0 bridgehead atoms. The van der Waals surface area contributed by atoms with E-state index >= 15 is 0 Å². The minimum absolute atomic E-state index is 0.374. The first-order valence-corrected chi connectivity index (χ1v) is 12.7. The predicted molar refractivity (Wildman–Crippen MR) is 120 cm³/mol. The van der Waals surface area contributed by atoms with Gasteiger partial charge in [-0.3, -0.25) is 9.88 Å². The molecular weight excluding hydrogens is 424 g/mol. The molecule has 1 aliphatic rings. The van der Waals surface area contributed by atoms with Crippen molar-refractivity contribution in [2.24, 2.45) is 0 Å². The smallest absolute Gasteiger partial charge is 0.175 e. The number of aromatic nitrogens is 1. The highest BCUT2D eigenvalue weighted by Gasteiger charge is 2.21. The summed E-state index contributed by atoms with van der Waals surface area (Å²) in [5.74, 6) is 0. The van der Waals surface area contributed by atoms with Gasteiger partial charge in [-0.15, -0.1) is 11.8 Å². The van der Waals surface area contributed by atoms with Crippen molar-refractivity contribution in [1.82, 2.24) is 9.88 Å². The van der Waals surface area contributed by atoms with Gasteiger partial charge in [0.05, 0.1) is 9.92 Å². The summed E-state index contributed by atoms with van der Waals surface area (Å²) in [5.41, 5.74) is 1.15. The van der Waals surface area contributed by atoms with E-state index in [4.69, 9.17) is 11.6 Å². The maximum Gasteiger partial charge on any atom is 0.175 e. The van der Waals surface area contributed by atoms with E-state index in [1.54, 1.807) is 12.1 Å². The summed E-state index contributed by atoms with van der Waals surface area (Å²) in [7, 11) is -3.14. The van der Waals surface area contributed by atoms with Gasteiger partial charge < -0.3 is 0 Å². The number of sulfone groups is 1. The van der Waals surface area contributed by atoms with Gasteiger partial charge in [0.15, 0.2) is 9.84 Å². The van der Waals surface area contributed by atoms with Crippen LogP contribution in [0.15, 0.2) is 64.6 Å². The highest BCUT2D eigenvalue weighted by molar-refractivity contribution is 8.00. The number of hydrogen-bond donors (Lipinski definition) is 0. The SMILES string of the molecule is CS(=O)(=O)c1ccc(CN2CCC(Sc3cc4ccncc4cc3Cl)CC2)cc1. The lowest BCUT2D eigenvalue weighted by atomic mass is 10.1. The molecule has 1 aliphatic heterocycles. The Morgan fingerprint density at radius 2 is 1.83 bits per heavy atom. The Morgan fingerprint density at radius 3 is 2.52 bits per heavy atom. The minimum Gasteiger partial charge on any atom is -0.299 e. The summed E-state index contributed by atoms with van der Waals surface area (Å²) in [4.78, 5) is 8.10. The molecular formula is C22H23ClN2O2S2. The molecule has 4 rings (SSSR count). The van der Waals surface area contributed by atoms with Crippen LogP contribution in [0.25, 0.3) is 10.8 Å². The van der Waals surface area contributed by atoms with Crippen molar-refractivity contribution in [2.75, 3.05) is 19.3 Å². The summed E-state index contributed by atoms with van der Waals surface area (Å²) in [5, 5.41) is 3.58. The quantitative estimate of drug-likeness (QED) is 0.549. The molecule has 3 aromatic rings. The van der Waals surface area contributed by atoms with Crippen LogP contribution in [-0.2, 0) is 16.4 Å². The molecule has 2 heterocycles. The number of benzene rings is 2. The Morgan fingerprint density at radius 1 is 1.10 bits per heavy atom. The molecule has 0 spiro atoms. The fourth-order valence-corrected chi connectivity index (χ4v) is 5.75. The number of likely N-dealkylation sites (tertiary alicyclic amines) is 1. The van der Waals surface area contributed by atoms with Crippen LogP contribution in [0.3, 0.4) is 0 Å². The zero-order valence-electron chi connectivity index (χ0n) is 16.2. The van der Waals surface area contributed by atoms with E-state index in [-0.39, 0.29) is 0 Å². The first kappa shape index (κ1) is 20.7. The summed E-state index contributed by atoms with van der Waals surface area (Å²) in [6.45, 7) is 2.91. The van der Waals surface area contributed by atoms with Gasteiger partial charge >= 0.3 is 0 Å². The number of halogens is 1. The van der Waals surface area contributed by atoms with Gasteiger partial charge in [0.1, 0.15) is 0 Å². The van der Waals surface area contributed by atoms with E-state index in [1.807, 2.05) is 48.4 Å². The van der Waals surface area contributed by atoms with Crippen molar-refractivity contribution in [2.45, 2.75) is 34.4 Å². The first-order valence-electron chi connectivity index (χ1n) is 9.60. The first-order chi connectivity index (χ1) is 13.9. The third-order valence-corrected chi connectivity index (χ3v) is 8.23. The number of rotatable bonds is 5. The van der Waals surface area contributed by atoms with Crippen LogP contribution in [0.5, 0.6) is 0 Å². The van der Waals surface area contributed by atoms with Gasteiger partial charge in [0.2, 0.25) is 0 Å². The third kappa shape index (κ3) is 5.12. The molecule has 0 aliphatic carbocycles. The van der Waals surface area contributed by atoms with Crippen molar-refractivity contribution in [1.29, 1.82) is 0 Å². The second-order valence-corrected chi connectivity index (χ2v) is 11.3. The molecule has 0 unspecified atom stereocenters. The van der Waals surface area contributed by atoms with Gasteiger partial charge in [0.25, 0.3) is 0 Å². The van der Waals surface area contributed by atoms with Gasteiger partial charge in [-0.05, 0) is 67.2 Å². The molecule has 0 radical (unpaired) electrons. The lowest BCUT2D eigenvalue weighted by molar-refractivity contribution is 0.225. The molecule has 152 valence electrons. The van der Waals surface area contributed by atoms with Crippen molar-refractivity contribution >= 4 is 44.0 Å². The summed E-state index contributed by atoms with van der Waals surface area (Å²) in [6, 6.07) is 13.4. The molecule has 29 heavy (non-hydrogen) atoms. The minimum atomic E-state index is -3.14. The highest BCUT2D eigenvalue weighted by atomic mass is 35.5. The predicted octanol–water partition coefficient (Wildman–Crippen LogP) is 5.05. The van der Waals surface area contributed by atoms with Crippen LogP contribution in [0, 0.1) is 0 Å². The monoisotopic (exact) mass is 446 g/mol. The van der Waals surface area contributed by atoms with Gasteiger partial charge in [-0.1, -0.05) is 23.7 Å². The Kier molecular flexibility index (Phi) is 6.16. The standard InChI is InChI=1S/C22H23ClN2O2S2/c1-29(26,27)20-4-2-16(3-5-20)15-25-10-7-19(8-11-25)28-22-13-17-6-9-24-14-18(17)12-21(22)23/h2-6,9,12-14,19H,7-8,10-11,15H2,1H3. The number of hydrogen-bond acceptors (Lipinski definition) is 5. The number of piperidine rings is 1. The Labute approximate surface area is 181 Å². The highest BCUT2D eigenvalue weighted by Crippen LogP contribution is 2.37. The summed E-state index contributed by atoms with van der Waals surface area (Å²) >= 11 is 8.37. The Hall–Kier alpha value is -1.60. The van der Waals surface area contributed by atoms with Crippen LogP contribution in [-0.4, -0.2) is 42.9 Å². The third-order valence-electron chi connectivity index (χ3n) is 5.28. The van der Waals surface area contributed by atoms with Crippen LogP contribution >= 0.6 is 23.4 Å². The van der Waals surface area contributed by atoms with E-state index in [2.05, 4.69) is 16.0 Å². The Balaban J connectivity index is 1.34. The van der Waals surface area contributed by atoms with Crippen molar-refractivity contribution in [3.05, 3.63) is 65.4 Å². The van der Waals surface area contributed by atoms with E-state index < -0.39 is 9.84 Å². The van der Waals surface area contributed by atoms with E-state index in [9.17, 15) is 8.42 Å². The van der Waals surface area contributed by atoms with Gasteiger partial charge in [-0.25, -0.2) is 8.42 Å². The number of thioether (sulfide) groups is 1. The average Bonchev–Trinajstić information content (AvgIpc) is 2.70. The fourth-order valence-electron chi connectivity index (χ4n) is 3.64. The van der Waals surface area contributed by atoms with Gasteiger partial charge in [-0.2, -0.15) is 0 Å². The molecule has 0 atom stereocenters. The lowest BCUT2D eigenvalue weighted by Gasteiger charge is -2.31. The molecule has 1 aromatic heterocycles. The Bertz CT molecular complexity index is 1110. The van der Waals surface area contributed by atoms with Crippen LogP contribution < -0.4 is 0 Å². The molecule has 0 N–H and O–H groups in total. The van der Waals surface area contributed by atoms with Crippen LogP contribution in [0.2, 0.25) is 5.02 Å². The maximum absolute atomic E-state index is 11.6. The van der Waals surface area contributed by atoms with Crippen LogP contribution in [0.1, 0.15) is 18.4 Å².